The van der Waals surface area contributed by atoms with Crippen LogP contribution in [-0.2, 0) is 26.0 Å². The van der Waals surface area contributed by atoms with E-state index in [9.17, 15) is 18.0 Å². The topological polar surface area (TPSA) is 102 Å². The van der Waals surface area contributed by atoms with Crippen molar-refractivity contribution in [2.45, 2.75) is 37.6 Å². The molecule has 1 atom stereocenters. The van der Waals surface area contributed by atoms with E-state index in [1.54, 1.807) is 36.4 Å². The Morgan fingerprint density at radius 2 is 1.87 bits per heavy atom. The third-order valence-corrected chi connectivity index (χ3v) is 6.10. The first-order valence-electron chi connectivity index (χ1n) is 9.53. The SMILES string of the molecule is CC(C)CC(=O)NC(C(=O)NS(=O)(=O)c1cc(Cl)cc2c1OCC2)c1ccccc1. The number of benzene rings is 2. The highest BCUT2D eigenvalue weighted by atomic mass is 35.5. The van der Waals surface area contributed by atoms with E-state index in [-0.39, 0.29) is 33.9 Å². The number of fused-ring (bicyclic) bond motifs is 1. The monoisotopic (exact) mass is 450 g/mol. The Bertz CT molecular complexity index is 1050. The molecule has 1 aliphatic heterocycles. The number of amides is 2. The number of carbonyl (C=O) groups excluding carboxylic acids is 2. The molecule has 1 aliphatic rings. The van der Waals surface area contributed by atoms with Gasteiger partial charge in [-0.3, -0.25) is 9.59 Å². The van der Waals surface area contributed by atoms with E-state index in [4.69, 9.17) is 16.3 Å². The van der Waals surface area contributed by atoms with Crippen molar-refractivity contribution in [2.24, 2.45) is 5.92 Å². The fourth-order valence-electron chi connectivity index (χ4n) is 3.22. The van der Waals surface area contributed by atoms with Crippen molar-refractivity contribution >= 4 is 33.4 Å². The van der Waals surface area contributed by atoms with Crippen LogP contribution in [0.5, 0.6) is 5.75 Å². The van der Waals surface area contributed by atoms with Crippen molar-refractivity contribution in [2.75, 3.05) is 6.61 Å². The lowest BCUT2D eigenvalue weighted by molar-refractivity contribution is -0.128. The molecule has 3 rings (SSSR count). The molecule has 1 heterocycles. The van der Waals surface area contributed by atoms with E-state index >= 15 is 0 Å². The van der Waals surface area contributed by atoms with E-state index in [0.717, 1.165) is 0 Å². The Morgan fingerprint density at radius 1 is 1.17 bits per heavy atom. The van der Waals surface area contributed by atoms with Crippen molar-refractivity contribution in [3.05, 3.63) is 58.6 Å². The van der Waals surface area contributed by atoms with Crippen LogP contribution in [0, 0.1) is 5.92 Å². The molecule has 0 saturated heterocycles. The summed E-state index contributed by atoms with van der Waals surface area (Å²) in [6, 6.07) is 10.2. The van der Waals surface area contributed by atoms with Crippen LogP contribution in [0.3, 0.4) is 0 Å². The van der Waals surface area contributed by atoms with Crippen LogP contribution in [0.1, 0.15) is 37.4 Å². The Balaban J connectivity index is 1.89. The first-order valence-corrected chi connectivity index (χ1v) is 11.4. The second-order valence-corrected chi connectivity index (χ2v) is 9.56. The first kappa shape index (κ1) is 22.1. The minimum Gasteiger partial charge on any atom is -0.492 e. The molecule has 0 radical (unpaired) electrons. The summed E-state index contributed by atoms with van der Waals surface area (Å²) >= 11 is 6.06. The van der Waals surface area contributed by atoms with Gasteiger partial charge >= 0.3 is 0 Å². The second kappa shape index (κ2) is 9.06. The molecule has 0 aliphatic carbocycles. The number of hydrogen-bond donors (Lipinski definition) is 2. The summed E-state index contributed by atoms with van der Waals surface area (Å²) < 4.78 is 33.5. The van der Waals surface area contributed by atoms with Gasteiger partial charge in [-0.25, -0.2) is 13.1 Å². The molecule has 0 aromatic heterocycles. The molecule has 0 spiro atoms. The number of hydrogen-bond acceptors (Lipinski definition) is 5. The van der Waals surface area contributed by atoms with Gasteiger partial charge in [0.2, 0.25) is 5.91 Å². The molecule has 0 bridgehead atoms. The molecule has 7 nitrogen and oxygen atoms in total. The quantitative estimate of drug-likeness (QED) is 0.675. The van der Waals surface area contributed by atoms with Crippen molar-refractivity contribution in [1.29, 1.82) is 0 Å². The summed E-state index contributed by atoms with van der Waals surface area (Å²) in [4.78, 5) is 25.1. The third kappa shape index (κ3) is 5.12. The van der Waals surface area contributed by atoms with Gasteiger partial charge in [-0.15, -0.1) is 0 Å². The van der Waals surface area contributed by atoms with Crippen molar-refractivity contribution < 1.29 is 22.7 Å². The maximum absolute atomic E-state index is 13.0. The van der Waals surface area contributed by atoms with Gasteiger partial charge < -0.3 is 10.1 Å². The lowest BCUT2D eigenvalue weighted by Gasteiger charge is -2.20. The van der Waals surface area contributed by atoms with Crippen LogP contribution in [0.15, 0.2) is 47.4 Å². The van der Waals surface area contributed by atoms with Crippen LogP contribution in [0.4, 0.5) is 0 Å². The van der Waals surface area contributed by atoms with Gasteiger partial charge in [0.1, 0.15) is 16.7 Å². The van der Waals surface area contributed by atoms with Gasteiger partial charge in [-0.2, -0.15) is 0 Å². The van der Waals surface area contributed by atoms with E-state index in [2.05, 4.69) is 10.0 Å². The molecular formula is C21H23ClN2O5S. The van der Waals surface area contributed by atoms with Crippen LogP contribution in [0.2, 0.25) is 5.02 Å². The zero-order valence-electron chi connectivity index (χ0n) is 16.6. The molecule has 30 heavy (non-hydrogen) atoms. The predicted molar refractivity (Wildman–Crippen MR) is 113 cm³/mol. The van der Waals surface area contributed by atoms with E-state index in [0.29, 0.717) is 24.2 Å². The molecule has 2 amide bonds. The summed E-state index contributed by atoms with van der Waals surface area (Å²) in [7, 11) is -4.28. The van der Waals surface area contributed by atoms with Gasteiger partial charge in [0.15, 0.2) is 0 Å². The third-order valence-electron chi connectivity index (χ3n) is 4.53. The van der Waals surface area contributed by atoms with E-state index in [1.807, 2.05) is 13.8 Å². The molecule has 0 fully saturated rings. The first-order chi connectivity index (χ1) is 14.2. The van der Waals surface area contributed by atoms with Gasteiger partial charge in [-0.05, 0) is 23.6 Å². The van der Waals surface area contributed by atoms with Gasteiger partial charge in [0.25, 0.3) is 15.9 Å². The molecule has 9 heteroatoms. The zero-order chi connectivity index (χ0) is 21.9. The lowest BCUT2D eigenvalue weighted by Crippen LogP contribution is -2.43. The fraction of sp³-hybridized carbons (Fsp3) is 0.333. The van der Waals surface area contributed by atoms with Gasteiger partial charge in [0.05, 0.1) is 6.61 Å². The number of ether oxygens (including phenoxy) is 1. The smallest absolute Gasteiger partial charge is 0.267 e. The largest absolute Gasteiger partial charge is 0.492 e. The van der Waals surface area contributed by atoms with Crippen LogP contribution in [-0.4, -0.2) is 26.8 Å². The maximum atomic E-state index is 13.0. The van der Waals surface area contributed by atoms with E-state index in [1.165, 1.54) is 6.07 Å². The number of nitrogens with one attached hydrogen (secondary N) is 2. The predicted octanol–water partition coefficient (Wildman–Crippen LogP) is 2.98. The number of rotatable bonds is 7. The minimum atomic E-state index is -4.28. The van der Waals surface area contributed by atoms with Gasteiger partial charge in [-0.1, -0.05) is 55.8 Å². The lowest BCUT2D eigenvalue weighted by atomic mass is 10.1. The summed E-state index contributed by atoms with van der Waals surface area (Å²) in [5.41, 5.74) is 1.13. The highest BCUT2D eigenvalue weighted by Gasteiger charge is 2.31. The summed E-state index contributed by atoms with van der Waals surface area (Å²) in [6.45, 7) is 4.09. The molecule has 0 saturated carbocycles. The van der Waals surface area contributed by atoms with E-state index < -0.39 is 22.0 Å². The molecule has 1 unspecified atom stereocenters. The Hall–Kier alpha value is -2.58. The molecular weight excluding hydrogens is 428 g/mol. The Morgan fingerprint density at radius 3 is 2.53 bits per heavy atom. The minimum absolute atomic E-state index is 0.0828. The second-order valence-electron chi connectivity index (χ2n) is 7.47. The average molecular weight is 451 g/mol. The van der Waals surface area contributed by atoms with Crippen molar-refractivity contribution in [3.63, 3.8) is 0 Å². The van der Waals surface area contributed by atoms with Crippen LogP contribution in [0.25, 0.3) is 0 Å². The fourth-order valence-corrected chi connectivity index (χ4v) is 4.73. The standard InChI is InChI=1S/C21H23ClN2O5S/c1-13(2)10-18(25)23-19(14-6-4-3-5-7-14)21(26)24-30(27,28)17-12-16(22)11-15-8-9-29-20(15)17/h3-7,11-13,19H,8-10H2,1-2H3,(H,23,25)(H,24,26). The summed E-state index contributed by atoms with van der Waals surface area (Å²) in [6.07, 6.45) is 0.739. The molecule has 2 aromatic rings. The zero-order valence-corrected chi connectivity index (χ0v) is 18.2. The average Bonchev–Trinajstić information content (AvgIpc) is 3.13. The molecule has 160 valence electrons. The number of halogens is 1. The Labute approximate surface area is 180 Å². The summed E-state index contributed by atoms with van der Waals surface area (Å²) in [5, 5.41) is 2.86. The highest BCUT2D eigenvalue weighted by Crippen LogP contribution is 2.35. The van der Waals surface area contributed by atoms with Crippen molar-refractivity contribution in [3.8, 4) is 5.75 Å². The van der Waals surface area contributed by atoms with Crippen LogP contribution >= 0.6 is 11.6 Å². The normalized spacial score (nSPS) is 14.0. The number of sulfonamides is 1. The van der Waals surface area contributed by atoms with Gasteiger partial charge in [0, 0.05) is 23.4 Å². The number of carbonyl (C=O) groups is 2. The van der Waals surface area contributed by atoms with Crippen LogP contribution < -0.4 is 14.8 Å². The highest BCUT2D eigenvalue weighted by molar-refractivity contribution is 7.90. The summed E-state index contributed by atoms with van der Waals surface area (Å²) in [5.74, 6) is -0.942. The molecule has 2 aromatic carbocycles. The Kier molecular flexibility index (Phi) is 6.67. The van der Waals surface area contributed by atoms with Crippen molar-refractivity contribution in [1.82, 2.24) is 10.0 Å². The maximum Gasteiger partial charge on any atom is 0.267 e. The molecule has 2 N–H and O–H groups in total.